The number of amides is 3. The fourth-order valence-electron chi connectivity index (χ4n) is 3.91. The first-order chi connectivity index (χ1) is 16.8. The second-order valence-corrected chi connectivity index (χ2v) is 9.61. The lowest BCUT2D eigenvalue weighted by molar-refractivity contribution is -0.129. The van der Waals surface area contributed by atoms with Crippen LogP contribution in [0.2, 0.25) is 0 Å². The summed E-state index contributed by atoms with van der Waals surface area (Å²) in [5.41, 5.74) is 1.98. The molecule has 9 nitrogen and oxygen atoms in total. The van der Waals surface area contributed by atoms with Gasteiger partial charge in [0.05, 0.1) is 13.0 Å². The van der Waals surface area contributed by atoms with Crippen LogP contribution in [0.3, 0.4) is 0 Å². The first-order valence-corrected chi connectivity index (χ1v) is 12.1. The highest BCUT2D eigenvalue weighted by Crippen LogP contribution is 2.25. The number of nitrogens with zero attached hydrogens (tertiary/aromatic N) is 3. The standard InChI is InChI=1S/C25H27N5O4S/c1-15(2)30-14-18(13-22(30)31)24(33)26-19-10-8-16(9-11-19)23(32)27-25-29-28-21(35-25)12-17-6-4-5-7-20(17)34-3/h4-11,15,18H,12-14H2,1-3H3,(H,26,33)(H,27,29,32). The maximum Gasteiger partial charge on any atom is 0.257 e. The number of anilines is 2. The molecule has 0 bridgehead atoms. The average molecular weight is 494 g/mol. The predicted octanol–water partition coefficient (Wildman–Crippen LogP) is 3.59. The van der Waals surface area contributed by atoms with Crippen molar-refractivity contribution in [2.45, 2.75) is 32.7 Å². The number of para-hydroxylation sites is 1. The monoisotopic (exact) mass is 493 g/mol. The quantitative estimate of drug-likeness (QED) is 0.496. The van der Waals surface area contributed by atoms with E-state index < -0.39 is 0 Å². The molecule has 4 rings (SSSR count). The van der Waals surface area contributed by atoms with Crippen LogP contribution < -0.4 is 15.4 Å². The molecule has 0 spiro atoms. The van der Waals surface area contributed by atoms with Crippen molar-refractivity contribution in [1.29, 1.82) is 0 Å². The number of methoxy groups -OCH3 is 1. The van der Waals surface area contributed by atoms with E-state index >= 15 is 0 Å². The molecular formula is C25H27N5O4S. The Morgan fingerprint density at radius 1 is 1.11 bits per heavy atom. The molecule has 35 heavy (non-hydrogen) atoms. The molecule has 1 aliphatic rings. The van der Waals surface area contributed by atoms with Crippen molar-refractivity contribution in [3.05, 3.63) is 64.7 Å². The molecule has 1 saturated heterocycles. The van der Waals surface area contributed by atoms with E-state index in [-0.39, 0.29) is 36.1 Å². The minimum atomic E-state index is -0.379. The number of carbonyl (C=O) groups is 3. The van der Waals surface area contributed by atoms with Gasteiger partial charge in [-0.2, -0.15) is 0 Å². The van der Waals surface area contributed by atoms with E-state index in [2.05, 4.69) is 20.8 Å². The Morgan fingerprint density at radius 3 is 2.54 bits per heavy atom. The van der Waals surface area contributed by atoms with Crippen LogP contribution in [0, 0.1) is 5.92 Å². The molecule has 2 N–H and O–H groups in total. The zero-order valence-corrected chi connectivity index (χ0v) is 20.6. The third-order valence-corrected chi connectivity index (χ3v) is 6.63. The van der Waals surface area contributed by atoms with Crippen molar-refractivity contribution in [3.63, 3.8) is 0 Å². The molecule has 2 aromatic carbocycles. The predicted molar refractivity (Wildman–Crippen MR) is 134 cm³/mol. The number of carbonyl (C=O) groups excluding carboxylic acids is 3. The van der Waals surface area contributed by atoms with Crippen molar-refractivity contribution in [2.24, 2.45) is 5.92 Å². The van der Waals surface area contributed by atoms with Crippen LogP contribution in [-0.2, 0) is 16.0 Å². The fraction of sp³-hybridized carbons (Fsp3) is 0.320. The van der Waals surface area contributed by atoms with E-state index in [0.717, 1.165) is 16.3 Å². The van der Waals surface area contributed by atoms with Crippen LogP contribution in [0.4, 0.5) is 10.8 Å². The van der Waals surface area contributed by atoms with E-state index in [0.29, 0.717) is 29.3 Å². The first kappa shape index (κ1) is 24.3. The van der Waals surface area contributed by atoms with E-state index in [9.17, 15) is 14.4 Å². The van der Waals surface area contributed by atoms with Gasteiger partial charge >= 0.3 is 0 Å². The number of ether oxygens (including phenoxy) is 1. The van der Waals surface area contributed by atoms with Crippen LogP contribution in [0.15, 0.2) is 48.5 Å². The summed E-state index contributed by atoms with van der Waals surface area (Å²) >= 11 is 1.30. The lowest BCUT2D eigenvalue weighted by Gasteiger charge is -2.20. The summed E-state index contributed by atoms with van der Waals surface area (Å²) in [5.74, 6) is -0.130. The summed E-state index contributed by atoms with van der Waals surface area (Å²) in [6.07, 6.45) is 0.763. The number of rotatable bonds is 8. The molecule has 1 fully saturated rings. The number of likely N-dealkylation sites (tertiary alicyclic amines) is 1. The fourth-order valence-corrected chi connectivity index (χ4v) is 4.67. The Hall–Kier alpha value is -3.79. The number of aromatic nitrogens is 2. The van der Waals surface area contributed by atoms with Gasteiger partial charge in [0.15, 0.2) is 0 Å². The van der Waals surface area contributed by atoms with Crippen molar-refractivity contribution >= 4 is 39.9 Å². The number of hydrogen-bond acceptors (Lipinski definition) is 7. The SMILES string of the molecule is COc1ccccc1Cc1nnc(NC(=O)c2ccc(NC(=O)C3CC(=O)N(C(C)C)C3)cc2)s1. The van der Waals surface area contributed by atoms with Gasteiger partial charge in [0.25, 0.3) is 5.91 Å². The lowest BCUT2D eigenvalue weighted by Crippen LogP contribution is -2.33. The largest absolute Gasteiger partial charge is 0.496 e. The molecule has 10 heteroatoms. The lowest BCUT2D eigenvalue weighted by atomic mass is 10.1. The second kappa shape index (κ2) is 10.6. The normalized spacial score (nSPS) is 15.4. The van der Waals surface area contributed by atoms with Gasteiger partial charge in [0, 0.05) is 42.2 Å². The molecule has 3 amide bonds. The molecule has 0 radical (unpaired) electrons. The van der Waals surface area contributed by atoms with Gasteiger partial charge < -0.3 is 15.0 Å². The van der Waals surface area contributed by atoms with Gasteiger partial charge in [-0.25, -0.2) is 0 Å². The zero-order chi connectivity index (χ0) is 24.9. The third kappa shape index (κ3) is 5.83. The smallest absolute Gasteiger partial charge is 0.257 e. The maximum atomic E-state index is 12.6. The van der Waals surface area contributed by atoms with Crippen LogP contribution >= 0.6 is 11.3 Å². The number of hydrogen-bond donors (Lipinski definition) is 2. The van der Waals surface area contributed by atoms with Crippen LogP contribution in [-0.4, -0.2) is 52.5 Å². The molecule has 1 aromatic heterocycles. The molecule has 182 valence electrons. The number of benzene rings is 2. The molecule has 1 atom stereocenters. The molecule has 1 aliphatic heterocycles. The summed E-state index contributed by atoms with van der Waals surface area (Å²) in [6, 6.07) is 14.3. The summed E-state index contributed by atoms with van der Waals surface area (Å²) < 4.78 is 5.37. The molecule has 0 aliphatic carbocycles. The van der Waals surface area contributed by atoms with Gasteiger partial charge in [-0.1, -0.05) is 29.5 Å². The van der Waals surface area contributed by atoms with E-state index in [1.54, 1.807) is 36.3 Å². The van der Waals surface area contributed by atoms with Crippen molar-refractivity contribution in [2.75, 3.05) is 24.3 Å². The van der Waals surface area contributed by atoms with Gasteiger partial charge in [0.2, 0.25) is 16.9 Å². The highest BCUT2D eigenvalue weighted by Gasteiger charge is 2.35. The topological polar surface area (TPSA) is 114 Å². The third-order valence-electron chi connectivity index (χ3n) is 5.79. The van der Waals surface area contributed by atoms with Crippen molar-refractivity contribution in [1.82, 2.24) is 15.1 Å². The second-order valence-electron chi connectivity index (χ2n) is 8.55. The molecule has 3 aromatic rings. The summed E-state index contributed by atoms with van der Waals surface area (Å²) in [6.45, 7) is 4.29. The van der Waals surface area contributed by atoms with Gasteiger partial charge in [-0.05, 0) is 44.2 Å². The van der Waals surface area contributed by atoms with E-state index in [1.807, 2.05) is 38.1 Å². The Morgan fingerprint density at radius 2 is 1.86 bits per heavy atom. The zero-order valence-electron chi connectivity index (χ0n) is 19.8. The van der Waals surface area contributed by atoms with Crippen LogP contribution in [0.5, 0.6) is 5.75 Å². The van der Waals surface area contributed by atoms with Gasteiger partial charge in [-0.3, -0.25) is 19.7 Å². The van der Waals surface area contributed by atoms with Crippen molar-refractivity contribution < 1.29 is 19.1 Å². The Bertz CT molecular complexity index is 1220. The van der Waals surface area contributed by atoms with Gasteiger partial charge in [-0.15, -0.1) is 10.2 Å². The minimum absolute atomic E-state index is 0.00471. The van der Waals surface area contributed by atoms with E-state index in [1.165, 1.54) is 11.3 Å². The minimum Gasteiger partial charge on any atom is -0.496 e. The summed E-state index contributed by atoms with van der Waals surface area (Å²) in [5, 5.41) is 15.0. The first-order valence-electron chi connectivity index (χ1n) is 11.3. The Kier molecular flexibility index (Phi) is 7.40. The summed E-state index contributed by atoms with van der Waals surface area (Å²) in [4.78, 5) is 39.0. The molecule has 2 heterocycles. The van der Waals surface area contributed by atoms with Gasteiger partial charge in [0.1, 0.15) is 10.8 Å². The van der Waals surface area contributed by atoms with Crippen LogP contribution in [0.25, 0.3) is 0 Å². The molecular weight excluding hydrogens is 466 g/mol. The van der Waals surface area contributed by atoms with E-state index in [4.69, 9.17) is 4.74 Å². The number of nitrogens with one attached hydrogen (secondary N) is 2. The Balaban J connectivity index is 1.32. The molecule has 1 unspecified atom stereocenters. The van der Waals surface area contributed by atoms with Crippen LogP contribution in [0.1, 0.15) is 41.2 Å². The summed E-state index contributed by atoms with van der Waals surface area (Å²) in [7, 11) is 1.62. The highest BCUT2D eigenvalue weighted by atomic mass is 32.1. The average Bonchev–Trinajstić information content (AvgIpc) is 3.46. The highest BCUT2D eigenvalue weighted by molar-refractivity contribution is 7.15. The Labute approximate surface area is 207 Å². The molecule has 0 saturated carbocycles. The van der Waals surface area contributed by atoms with Crippen molar-refractivity contribution in [3.8, 4) is 5.75 Å². The maximum absolute atomic E-state index is 12.6.